The van der Waals surface area contributed by atoms with Gasteiger partial charge in [0.2, 0.25) is 5.91 Å². The summed E-state index contributed by atoms with van der Waals surface area (Å²) in [4.78, 5) is 14.1. The number of nitrogens with zero attached hydrogens (tertiary/aromatic N) is 1. The van der Waals surface area contributed by atoms with Crippen molar-refractivity contribution in [1.29, 1.82) is 0 Å². The number of carbonyl (C=O) groups excluding carboxylic acids is 1. The highest BCUT2D eigenvalue weighted by Crippen LogP contribution is 2.48. The molecular formula is C23H30N2O2. The second-order valence-corrected chi connectivity index (χ2v) is 7.44. The number of amides is 1. The Hall–Kier alpha value is -2.49. The van der Waals surface area contributed by atoms with Crippen LogP contribution < -0.4 is 15.0 Å². The summed E-state index contributed by atoms with van der Waals surface area (Å²) in [6.07, 6.45) is 1.44. The fourth-order valence-corrected chi connectivity index (χ4v) is 3.95. The molecule has 0 saturated heterocycles. The summed E-state index contributed by atoms with van der Waals surface area (Å²) in [5, 5.41) is 3.03. The van der Waals surface area contributed by atoms with Gasteiger partial charge in [-0.2, -0.15) is 0 Å². The summed E-state index contributed by atoms with van der Waals surface area (Å²) in [6, 6.07) is 16.9. The van der Waals surface area contributed by atoms with Crippen molar-refractivity contribution in [3.8, 4) is 5.75 Å². The molecule has 3 rings (SSSR count). The van der Waals surface area contributed by atoms with Gasteiger partial charge in [-0.15, -0.1) is 0 Å². The third-order valence-electron chi connectivity index (χ3n) is 5.34. The molecule has 2 aromatic carbocycles. The lowest BCUT2D eigenvalue weighted by atomic mass is 9.81. The third kappa shape index (κ3) is 4.26. The summed E-state index contributed by atoms with van der Waals surface area (Å²) in [7, 11) is 0. The minimum Gasteiger partial charge on any atom is -0.492 e. The highest BCUT2D eigenvalue weighted by Gasteiger charge is 2.40. The molecule has 0 aromatic heterocycles. The molecule has 2 aromatic rings. The lowest BCUT2D eigenvalue weighted by Crippen LogP contribution is -2.35. The topological polar surface area (TPSA) is 41.6 Å². The standard InChI is InChI=1S/C23H30N2O2/c1-4-21(26)24-15-14-23(3)17-25(16-18-10-7-6-8-11-18)22-19(23)12-9-13-20(22)27-5-2/h6-13H,4-5,14-17H2,1-3H3,(H,24,26). The van der Waals surface area contributed by atoms with Gasteiger partial charge >= 0.3 is 0 Å². The largest absolute Gasteiger partial charge is 0.492 e. The summed E-state index contributed by atoms with van der Waals surface area (Å²) in [5.41, 5.74) is 3.79. The van der Waals surface area contributed by atoms with Gasteiger partial charge in [0.1, 0.15) is 5.75 Å². The Morgan fingerprint density at radius 3 is 2.63 bits per heavy atom. The number of hydrogen-bond donors (Lipinski definition) is 1. The van der Waals surface area contributed by atoms with Crippen LogP contribution in [0.15, 0.2) is 48.5 Å². The fraction of sp³-hybridized carbons (Fsp3) is 0.435. The molecule has 0 radical (unpaired) electrons. The minimum absolute atomic E-state index is 0.0156. The van der Waals surface area contributed by atoms with E-state index in [1.54, 1.807) is 0 Å². The summed E-state index contributed by atoms with van der Waals surface area (Å²) < 4.78 is 5.96. The first-order valence-electron chi connectivity index (χ1n) is 9.89. The predicted octanol–water partition coefficient (Wildman–Crippen LogP) is 4.28. The molecule has 0 bridgehead atoms. The Balaban J connectivity index is 1.88. The van der Waals surface area contributed by atoms with Gasteiger partial charge in [0.15, 0.2) is 0 Å². The lowest BCUT2D eigenvalue weighted by Gasteiger charge is -2.26. The van der Waals surface area contributed by atoms with E-state index in [0.29, 0.717) is 19.6 Å². The third-order valence-corrected chi connectivity index (χ3v) is 5.34. The normalized spacial score (nSPS) is 18.3. The van der Waals surface area contributed by atoms with Crippen molar-refractivity contribution in [1.82, 2.24) is 5.32 Å². The Kier molecular flexibility index (Phi) is 6.04. The van der Waals surface area contributed by atoms with Crippen LogP contribution in [0.5, 0.6) is 5.75 Å². The number of anilines is 1. The number of hydrogen-bond acceptors (Lipinski definition) is 3. The second kappa shape index (κ2) is 8.47. The maximum atomic E-state index is 11.6. The molecule has 0 fully saturated rings. The number of rotatable bonds is 8. The summed E-state index contributed by atoms with van der Waals surface area (Å²) >= 11 is 0. The van der Waals surface area contributed by atoms with Crippen molar-refractivity contribution in [2.75, 3.05) is 24.6 Å². The molecule has 4 nitrogen and oxygen atoms in total. The van der Waals surface area contributed by atoms with Crippen LogP contribution in [0.3, 0.4) is 0 Å². The SMILES string of the molecule is CCOc1cccc2c1N(Cc1ccccc1)CC2(C)CCNC(=O)CC. The van der Waals surface area contributed by atoms with E-state index in [-0.39, 0.29) is 11.3 Å². The van der Waals surface area contributed by atoms with Crippen LogP contribution in [-0.2, 0) is 16.8 Å². The van der Waals surface area contributed by atoms with Gasteiger partial charge < -0.3 is 15.0 Å². The predicted molar refractivity (Wildman–Crippen MR) is 110 cm³/mol. The molecular weight excluding hydrogens is 336 g/mol. The van der Waals surface area contributed by atoms with E-state index in [1.165, 1.54) is 16.8 Å². The molecule has 1 N–H and O–H groups in total. The monoisotopic (exact) mass is 366 g/mol. The fourth-order valence-electron chi connectivity index (χ4n) is 3.95. The van der Waals surface area contributed by atoms with Crippen molar-refractivity contribution in [2.24, 2.45) is 0 Å². The van der Waals surface area contributed by atoms with Gasteiger partial charge in [0.25, 0.3) is 0 Å². The van der Waals surface area contributed by atoms with Gasteiger partial charge in [-0.05, 0) is 30.5 Å². The van der Waals surface area contributed by atoms with E-state index in [9.17, 15) is 4.79 Å². The number of benzene rings is 2. The molecule has 4 heteroatoms. The van der Waals surface area contributed by atoms with Crippen molar-refractivity contribution >= 4 is 11.6 Å². The summed E-state index contributed by atoms with van der Waals surface area (Å²) in [6.45, 7) is 9.33. The van der Waals surface area contributed by atoms with E-state index < -0.39 is 0 Å². The van der Waals surface area contributed by atoms with Crippen LogP contribution in [0, 0.1) is 0 Å². The highest BCUT2D eigenvalue weighted by molar-refractivity contribution is 5.75. The number of para-hydroxylation sites is 1. The average molecular weight is 367 g/mol. The van der Waals surface area contributed by atoms with Crippen molar-refractivity contribution in [3.63, 3.8) is 0 Å². The van der Waals surface area contributed by atoms with Crippen molar-refractivity contribution in [3.05, 3.63) is 59.7 Å². The van der Waals surface area contributed by atoms with Crippen LogP contribution >= 0.6 is 0 Å². The molecule has 1 atom stereocenters. The molecule has 0 aliphatic carbocycles. The first-order chi connectivity index (χ1) is 13.1. The lowest BCUT2D eigenvalue weighted by molar-refractivity contribution is -0.120. The molecule has 144 valence electrons. The van der Waals surface area contributed by atoms with E-state index >= 15 is 0 Å². The summed E-state index contributed by atoms with van der Waals surface area (Å²) in [5.74, 6) is 1.06. The Labute approximate surface area is 162 Å². The average Bonchev–Trinajstić information content (AvgIpc) is 2.96. The van der Waals surface area contributed by atoms with E-state index in [1.807, 2.05) is 19.9 Å². The molecule has 1 unspecified atom stereocenters. The minimum atomic E-state index is -0.0156. The van der Waals surface area contributed by atoms with Gasteiger partial charge in [0.05, 0.1) is 12.3 Å². The Bertz CT molecular complexity index is 775. The molecule has 1 amide bonds. The first kappa shape index (κ1) is 19.3. The zero-order chi connectivity index (χ0) is 19.3. The number of nitrogens with one attached hydrogen (secondary N) is 1. The number of carbonyl (C=O) groups is 1. The van der Waals surface area contributed by atoms with Crippen LogP contribution in [-0.4, -0.2) is 25.6 Å². The molecule has 1 heterocycles. The second-order valence-electron chi connectivity index (χ2n) is 7.44. The molecule has 0 saturated carbocycles. The molecule has 27 heavy (non-hydrogen) atoms. The van der Waals surface area contributed by atoms with Gasteiger partial charge in [-0.25, -0.2) is 0 Å². The first-order valence-corrected chi connectivity index (χ1v) is 9.89. The van der Waals surface area contributed by atoms with Crippen LogP contribution in [0.25, 0.3) is 0 Å². The van der Waals surface area contributed by atoms with E-state index in [2.05, 4.69) is 59.6 Å². The zero-order valence-electron chi connectivity index (χ0n) is 16.6. The van der Waals surface area contributed by atoms with Gasteiger partial charge in [-0.3, -0.25) is 4.79 Å². The number of fused-ring (bicyclic) bond motifs is 1. The van der Waals surface area contributed by atoms with E-state index in [4.69, 9.17) is 4.74 Å². The Morgan fingerprint density at radius 2 is 1.93 bits per heavy atom. The van der Waals surface area contributed by atoms with Crippen molar-refractivity contribution in [2.45, 2.75) is 45.6 Å². The quantitative estimate of drug-likeness (QED) is 0.758. The molecule has 1 aliphatic heterocycles. The molecule has 1 aliphatic rings. The van der Waals surface area contributed by atoms with Gasteiger partial charge in [0, 0.05) is 31.5 Å². The smallest absolute Gasteiger partial charge is 0.219 e. The van der Waals surface area contributed by atoms with Crippen molar-refractivity contribution < 1.29 is 9.53 Å². The van der Waals surface area contributed by atoms with Crippen LogP contribution in [0.1, 0.15) is 44.7 Å². The maximum Gasteiger partial charge on any atom is 0.219 e. The highest BCUT2D eigenvalue weighted by atomic mass is 16.5. The molecule has 0 spiro atoms. The zero-order valence-corrected chi connectivity index (χ0v) is 16.6. The van der Waals surface area contributed by atoms with Gasteiger partial charge in [-0.1, -0.05) is 56.3 Å². The maximum absolute atomic E-state index is 11.6. The van der Waals surface area contributed by atoms with Crippen LogP contribution in [0.4, 0.5) is 5.69 Å². The van der Waals surface area contributed by atoms with E-state index in [0.717, 1.165) is 25.3 Å². The van der Waals surface area contributed by atoms with Crippen LogP contribution in [0.2, 0.25) is 0 Å². The number of ether oxygens (including phenoxy) is 1. The Morgan fingerprint density at radius 1 is 1.15 bits per heavy atom.